The molecule has 0 radical (unpaired) electrons. The molecule has 0 spiro atoms. The molecule has 22 heavy (non-hydrogen) atoms. The van der Waals surface area contributed by atoms with Gasteiger partial charge in [-0.15, -0.1) is 0 Å². The molecule has 0 aliphatic heterocycles. The van der Waals surface area contributed by atoms with Gasteiger partial charge in [-0.2, -0.15) is 0 Å². The van der Waals surface area contributed by atoms with Crippen molar-refractivity contribution in [3.63, 3.8) is 0 Å². The van der Waals surface area contributed by atoms with Gasteiger partial charge < -0.3 is 24.3 Å². The number of carbonyl (C=O) groups excluding carboxylic acids is 1. The average Bonchev–Trinajstić information content (AvgIpc) is 2.88. The van der Waals surface area contributed by atoms with Crippen LogP contribution >= 0.6 is 0 Å². The van der Waals surface area contributed by atoms with E-state index >= 15 is 0 Å². The Morgan fingerprint density at radius 1 is 1.36 bits per heavy atom. The van der Waals surface area contributed by atoms with Gasteiger partial charge in [0.1, 0.15) is 17.9 Å². The van der Waals surface area contributed by atoms with Crippen LogP contribution in [0, 0.1) is 0 Å². The molecule has 1 aromatic heterocycles. The molecule has 1 amide bonds. The van der Waals surface area contributed by atoms with Gasteiger partial charge in [-0.1, -0.05) is 0 Å². The summed E-state index contributed by atoms with van der Waals surface area (Å²) >= 11 is 0. The summed E-state index contributed by atoms with van der Waals surface area (Å²) in [4.78, 5) is 22.1. The number of hydrogen-bond donors (Lipinski definition) is 2. The summed E-state index contributed by atoms with van der Waals surface area (Å²) in [6, 6.07) is 5.41. The van der Waals surface area contributed by atoms with Crippen molar-refractivity contribution in [3.8, 4) is 5.75 Å². The van der Waals surface area contributed by atoms with Crippen molar-refractivity contribution in [1.82, 2.24) is 5.32 Å². The lowest BCUT2D eigenvalue weighted by molar-refractivity contribution is -0.142. The van der Waals surface area contributed by atoms with Crippen LogP contribution in [0.2, 0.25) is 0 Å². The number of rotatable bonds is 8. The third-order valence-electron chi connectivity index (χ3n) is 3.01. The maximum absolute atomic E-state index is 11.8. The van der Waals surface area contributed by atoms with Crippen LogP contribution < -0.4 is 10.1 Å². The van der Waals surface area contributed by atoms with Crippen molar-refractivity contribution < 1.29 is 28.6 Å². The Balaban J connectivity index is 1.85. The molecule has 1 aromatic carbocycles. The van der Waals surface area contributed by atoms with E-state index in [1.165, 1.54) is 0 Å². The largest absolute Gasteiger partial charge is 0.497 e. The molecule has 0 bridgehead atoms. The molecule has 0 fully saturated rings. The molecule has 0 saturated carbocycles. The zero-order valence-corrected chi connectivity index (χ0v) is 12.1. The predicted molar refractivity (Wildman–Crippen MR) is 77.9 cm³/mol. The molecule has 7 nitrogen and oxygen atoms in total. The number of nitrogens with one attached hydrogen (secondary N) is 1. The Morgan fingerprint density at radius 3 is 2.91 bits per heavy atom. The Kier molecular flexibility index (Phi) is 5.37. The SMILES string of the molecule is COc1ccc2c(CC(=O)NCCOCC(=O)O)coc2c1. The quantitative estimate of drug-likeness (QED) is 0.711. The standard InChI is InChI=1S/C15H17NO6/c1-20-11-2-3-12-10(8-22-13(12)7-11)6-14(17)16-4-5-21-9-15(18)19/h2-3,7-8H,4-6,9H2,1H3,(H,16,17)(H,18,19). The summed E-state index contributed by atoms with van der Waals surface area (Å²) in [6.07, 6.45) is 1.73. The zero-order valence-electron chi connectivity index (χ0n) is 12.1. The van der Waals surface area contributed by atoms with Crippen LogP contribution in [0.1, 0.15) is 5.56 Å². The van der Waals surface area contributed by atoms with E-state index in [-0.39, 0.29) is 32.1 Å². The van der Waals surface area contributed by atoms with Gasteiger partial charge in [-0.25, -0.2) is 4.79 Å². The van der Waals surface area contributed by atoms with Crippen LogP contribution in [0.5, 0.6) is 5.75 Å². The number of ether oxygens (including phenoxy) is 2. The molecule has 0 saturated heterocycles. The number of furan rings is 1. The summed E-state index contributed by atoms with van der Waals surface area (Å²) in [5, 5.41) is 11.9. The van der Waals surface area contributed by atoms with Crippen LogP contribution in [-0.4, -0.2) is 43.9 Å². The van der Waals surface area contributed by atoms with E-state index in [0.29, 0.717) is 11.3 Å². The Morgan fingerprint density at radius 2 is 2.18 bits per heavy atom. The first-order chi connectivity index (χ1) is 10.6. The molecule has 2 rings (SSSR count). The molecule has 2 aromatic rings. The summed E-state index contributed by atoms with van der Waals surface area (Å²) in [5.41, 5.74) is 1.44. The first kappa shape index (κ1) is 15.8. The van der Waals surface area contributed by atoms with E-state index in [9.17, 15) is 9.59 Å². The topological polar surface area (TPSA) is 98.0 Å². The highest BCUT2D eigenvalue weighted by Gasteiger charge is 2.11. The van der Waals surface area contributed by atoms with Gasteiger partial charge in [0.15, 0.2) is 0 Å². The highest BCUT2D eigenvalue weighted by atomic mass is 16.5. The molecule has 0 aliphatic rings. The van der Waals surface area contributed by atoms with E-state index in [1.807, 2.05) is 6.07 Å². The lowest BCUT2D eigenvalue weighted by Gasteiger charge is -2.04. The van der Waals surface area contributed by atoms with Gasteiger partial charge in [-0.05, 0) is 12.1 Å². The van der Waals surface area contributed by atoms with Gasteiger partial charge in [0.05, 0.1) is 26.4 Å². The number of aliphatic carboxylic acids is 1. The van der Waals surface area contributed by atoms with Gasteiger partial charge >= 0.3 is 5.97 Å². The van der Waals surface area contributed by atoms with Crippen LogP contribution in [-0.2, 0) is 20.7 Å². The molecule has 0 atom stereocenters. The lowest BCUT2D eigenvalue weighted by atomic mass is 10.1. The first-order valence-electron chi connectivity index (χ1n) is 6.70. The highest BCUT2D eigenvalue weighted by molar-refractivity contribution is 5.88. The van der Waals surface area contributed by atoms with Crippen molar-refractivity contribution in [3.05, 3.63) is 30.0 Å². The van der Waals surface area contributed by atoms with Gasteiger partial charge in [0.2, 0.25) is 5.91 Å². The van der Waals surface area contributed by atoms with Crippen LogP contribution in [0.4, 0.5) is 0 Å². The minimum atomic E-state index is -1.04. The second kappa shape index (κ2) is 7.46. The van der Waals surface area contributed by atoms with E-state index < -0.39 is 5.97 Å². The van der Waals surface area contributed by atoms with Crippen LogP contribution in [0.3, 0.4) is 0 Å². The molecule has 2 N–H and O–H groups in total. The number of fused-ring (bicyclic) bond motifs is 1. The Labute approximate surface area is 126 Å². The molecule has 0 unspecified atom stereocenters. The summed E-state index contributed by atoms with van der Waals surface area (Å²) < 4.78 is 15.4. The van der Waals surface area contributed by atoms with Crippen molar-refractivity contribution in [2.45, 2.75) is 6.42 Å². The summed E-state index contributed by atoms with van der Waals surface area (Å²) in [7, 11) is 1.57. The fraction of sp³-hybridized carbons (Fsp3) is 0.333. The number of carboxylic acid groups (broad SMARTS) is 1. The Hall–Kier alpha value is -2.54. The number of hydrogen-bond acceptors (Lipinski definition) is 5. The van der Waals surface area contributed by atoms with Crippen molar-refractivity contribution in [1.29, 1.82) is 0 Å². The van der Waals surface area contributed by atoms with Gasteiger partial charge in [0.25, 0.3) is 0 Å². The van der Waals surface area contributed by atoms with Crippen molar-refractivity contribution >= 4 is 22.8 Å². The second-order valence-corrected chi connectivity index (χ2v) is 4.60. The van der Waals surface area contributed by atoms with Gasteiger partial charge in [0, 0.05) is 23.6 Å². The molecular weight excluding hydrogens is 290 g/mol. The fourth-order valence-electron chi connectivity index (χ4n) is 1.98. The van der Waals surface area contributed by atoms with E-state index in [0.717, 1.165) is 10.9 Å². The number of carboxylic acids is 1. The molecular formula is C15H17NO6. The van der Waals surface area contributed by atoms with E-state index in [1.54, 1.807) is 25.5 Å². The molecule has 0 aliphatic carbocycles. The number of carbonyl (C=O) groups is 2. The van der Waals surface area contributed by atoms with Crippen molar-refractivity contribution in [2.24, 2.45) is 0 Å². The first-order valence-corrected chi connectivity index (χ1v) is 6.70. The molecule has 118 valence electrons. The maximum Gasteiger partial charge on any atom is 0.329 e. The summed E-state index contributed by atoms with van der Waals surface area (Å²) in [5.74, 6) is -0.530. The smallest absolute Gasteiger partial charge is 0.329 e. The minimum absolute atomic E-state index is 0.154. The third-order valence-corrected chi connectivity index (χ3v) is 3.01. The third kappa shape index (κ3) is 4.23. The average molecular weight is 307 g/mol. The molecule has 7 heteroatoms. The highest BCUT2D eigenvalue weighted by Crippen LogP contribution is 2.25. The lowest BCUT2D eigenvalue weighted by Crippen LogP contribution is -2.29. The van der Waals surface area contributed by atoms with Crippen LogP contribution in [0.25, 0.3) is 11.0 Å². The molecule has 1 heterocycles. The fourth-order valence-corrected chi connectivity index (χ4v) is 1.98. The van der Waals surface area contributed by atoms with Crippen molar-refractivity contribution in [2.75, 3.05) is 26.9 Å². The number of methoxy groups -OCH3 is 1. The summed E-state index contributed by atoms with van der Waals surface area (Å²) in [6.45, 7) is 0.0428. The minimum Gasteiger partial charge on any atom is -0.497 e. The van der Waals surface area contributed by atoms with E-state index in [2.05, 4.69) is 5.32 Å². The number of benzene rings is 1. The maximum atomic E-state index is 11.8. The predicted octanol–water partition coefficient (Wildman–Crippen LogP) is 1.20. The van der Waals surface area contributed by atoms with E-state index in [4.69, 9.17) is 19.0 Å². The second-order valence-electron chi connectivity index (χ2n) is 4.60. The monoisotopic (exact) mass is 307 g/mol. The normalized spacial score (nSPS) is 10.6. The van der Waals surface area contributed by atoms with Crippen LogP contribution in [0.15, 0.2) is 28.9 Å². The zero-order chi connectivity index (χ0) is 15.9. The number of amides is 1. The Bertz CT molecular complexity index is 663. The van der Waals surface area contributed by atoms with Gasteiger partial charge in [-0.3, -0.25) is 4.79 Å².